The van der Waals surface area contributed by atoms with Crippen molar-refractivity contribution in [2.24, 2.45) is 0 Å². The summed E-state index contributed by atoms with van der Waals surface area (Å²) < 4.78 is 0. The predicted molar refractivity (Wildman–Crippen MR) is 89.5 cm³/mol. The van der Waals surface area contributed by atoms with Gasteiger partial charge in [0.2, 0.25) is 0 Å². The molecule has 1 aromatic rings. The summed E-state index contributed by atoms with van der Waals surface area (Å²) in [6, 6.07) is 8.62. The number of thioether (sulfide) groups is 1. The Morgan fingerprint density at radius 1 is 1.55 bits per heavy atom. The number of rotatable bonds is 6. The van der Waals surface area contributed by atoms with Crippen molar-refractivity contribution in [3.63, 3.8) is 0 Å². The second-order valence-corrected chi connectivity index (χ2v) is 6.09. The molecule has 0 radical (unpaired) electrons. The number of hydrogen-bond donors (Lipinski definition) is 3. The molecule has 1 aliphatic rings. The van der Waals surface area contributed by atoms with Gasteiger partial charge < -0.3 is 5.32 Å². The van der Waals surface area contributed by atoms with Crippen LogP contribution in [-0.2, 0) is 0 Å². The zero-order valence-electron chi connectivity index (χ0n) is 12.1. The topological polar surface area (TPSA) is 38.0 Å². The first-order chi connectivity index (χ1) is 9.85. The van der Waals surface area contributed by atoms with Crippen LogP contribution in [0, 0.1) is 0 Å². The fraction of sp³-hybridized carbons (Fsp3) is 0.438. The molecule has 0 saturated carbocycles. The lowest BCUT2D eigenvalue weighted by Crippen LogP contribution is -2.75. The van der Waals surface area contributed by atoms with Crippen LogP contribution in [0.25, 0.3) is 0 Å². The third kappa shape index (κ3) is 4.04. The van der Waals surface area contributed by atoms with E-state index in [0.29, 0.717) is 5.92 Å². The third-order valence-electron chi connectivity index (χ3n) is 3.41. The average Bonchev–Trinajstić information content (AvgIpc) is 2.88. The Bertz CT molecular complexity index is 471. The number of para-hydroxylation sites is 1. The van der Waals surface area contributed by atoms with E-state index in [1.54, 1.807) is 0 Å². The highest BCUT2D eigenvalue weighted by Crippen LogP contribution is 2.32. The monoisotopic (exact) mass is 290 g/mol. The van der Waals surface area contributed by atoms with E-state index in [-0.39, 0.29) is 0 Å². The normalized spacial score (nSPS) is 17.4. The van der Waals surface area contributed by atoms with Crippen LogP contribution < -0.4 is 15.6 Å². The molecular formula is C16H24N3S+. The molecule has 4 heteroatoms. The molecule has 0 amide bonds. The molecule has 0 fully saturated rings. The number of benzene rings is 1. The van der Waals surface area contributed by atoms with Crippen LogP contribution >= 0.6 is 11.8 Å². The first-order valence-corrected chi connectivity index (χ1v) is 8.25. The first kappa shape index (κ1) is 15.0. The molecule has 1 aromatic carbocycles. The number of fused-ring (bicyclic) bond motifs is 1. The van der Waals surface area contributed by atoms with Crippen LogP contribution in [-0.4, -0.2) is 30.6 Å². The minimum Gasteiger partial charge on any atom is -0.384 e. The van der Waals surface area contributed by atoms with Gasteiger partial charge in [-0.1, -0.05) is 37.8 Å². The van der Waals surface area contributed by atoms with Gasteiger partial charge in [0.15, 0.2) is 0 Å². The Balaban J connectivity index is 1.87. The van der Waals surface area contributed by atoms with Crippen LogP contribution in [0.15, 0.2) is 36.9 Å². The minimum absolute atomic E-state index is 0.617. The maximum absolute atomic E-state index is 3.74. The maximum Gasteiger partial charge on any atom is 0.304 e. The highest BCUT2D eigenvalue weighted by molar-refractivity contribution is 8.13. The van der Waals surface area contributed by atoms with Gasteiger partial charge in [0.05, 0.1) is 6.54 Å². The molecule has 1 unspecified atom stereocenters. The summed E-state index contributed by atoms with van der Waals surface area (Å²) in [6.07, 6.45) is 3.03. The fourth-order valence-corrected chi connectivity index (χ4v) is 3.13. The van der Waals surface area contributed by atoms with Crippen molar-refractivity contribution in [2.45, 2.75) is 19.3 Å². The van der Waals surface area contributed by atoms with Gasteiger partial charge in [0.1, 0.15) is 6.54 Å². The highest BCUT2D eigenvalue weighted by atomic mass is 32.2. The Morgan fingerprint density at radius 2 is 2.40 bits per heavy atom. The Hall–Kier alpha value is -1.42. The number of amidine groups is 1. The zero-order valence-corrected chi connectivity index (χ0v) is 12.9. The van der Waals surface area contributed by atoms with E-state index in [1.165, 1.54) is 11.3 Å². The van der Waals surface area contributed by atoms with Crippen LogP contribution in [0.4, 0.5) is 5.69 Å². The van der Waals surface area contributed by atoms with Gasteiger partial charge >= 0.3 is 5.17 Å². The van der Waals surface area contributed by atoms with E-state index >= 15 is 0 Å². The highest BCUT2D eigenvalue weighted by Gasteiger charge is 2.21. The van der Waals surface area contributed by atoms with E-state index in [2.05, 4.69) is 53.4 Å². The summed E-state index contributed by atoms with van der Waals surface area (Å²) in [5.74, 6) is 1.69. The quantitative estimate of drug-likeness (QED) is 0.423. The number of nitrogens with one attached hydrogen (secondary N) is 3. The lowest BCUT2D eigenvalue weighted by molar-refractivity contribution is -0.457. The Morgan fingerprint density at radius 3 is 3.20 bits per heavy atom. The van der Waals surface area contributed by atoms with E-state index < -0.39 is 0 Å². The van der Waals surface area contributed by atoms with Crippen LogP contribution in [0.2, 0.25) is 0 Å². The Labute approximate surface area is 126 Å². The van der Waals surface area contributed by atoms with Crippen molar-refractivity contribution in [2.75, 3.05) is 30.7 Å². The lowest BCUT2D eigenvalue weighted by Gasteiger charge is -2.07. The zero-order chi connectivity index (χ0) is 14.2. The van der Waals surface area contributed by atoms with Crippen molar-refractivity contribution in [1.29, 1.82) is 0 Å². The molecule has 3 N–H and O–H groups in total. The van der Waals surface area contributed by atoms with Crippen LogP contribution in [0.5, 0.6) is 0 Å². The molecule has 1 aliphatic heterocycles. The largest absolute Gasteiger partial charge is 0.384 e. The van der Waals surface area contributed by atoms with Gasteiger partial charge in [-0.05, 0) is 29.8 Å². The molecule has 1 heterocycles. The summed E-state index contributed by atoms with van der Waals surface area (Å²) in [4.78, 5) is 3.51. The summed E-state index contributed by atoms with van der Waals surface area (Å²) >= 11 is 1.82. The van der Waals surface area contributed by atoms with Gasteiger partial charge in [-0.2, -0.15) is 0 Å². The maximum atomic E-state index is 3.74. The van der Waals surface area contributed by atoms with Gasteiger partial charge in [-0.15, -0.1) is 0 Å². The Kier molecular flexibility index (Phi) is 5.99. The lowest BCUT2D eigenvalue weighted by atomic mass is 9.98. The summed E-state index contributed by atoms with van der Waals surface area (Å²) in [7, 11) is 0. The molecule has 1 atom stereocenters. The third-order valence-corrected chi connectivity index (χ3v) is 4.28. The van der Waals surface area contributed by atoms with Crippen molar-refractivity contribution in [1.82, 2.24) is 5.32 Å². The molecular weight excluding hydrogens is 266 g/mol. The molecule has 0 aromatic heterocycles. The fourth-order valence-electron chi connectivity index (χ4n) is 2.45. The summed E-state index contributed by atoms with van der Waals surface area (Å²) in [5.41, 5.74) is 2.76. The van der Waals surface area contributed by atoms with E-state index in [4.69, 9.17) is 0 Å². The van der Waals surface area contributed by atoms with Crippen LogP contribution in [0.3, 0.4) is 0 Å². The molecule has 3 nitrogen and oxygen atoms in total. The summed E-state index contributed by atoms with van der Waals surface area (Å²) in [6.45, 7) is 8.76. The van der Waals surface area contributed by atoms with Crippen molar-refractivity contribution >= 4 is 22.6 Å². The van der Waals surface area contributed by atoms with E-state index in [9.17, 15) is 0 Å². The predicted octanol–water partition coefficient (Wildman–Crippen LogP) is 1.55. The molecule has 0 bridgehead atoms. The molecule has 2 rings (SSSR count). The number of anilines is 1. The van der Waals surface area contributed by atoms with Crippen LogP contribution in [0.1, 0.15) is 24.8 Å². The second kappa shape index (κ2) is 8.00. The molecule has 108 valence electrons. The van der Waals surface area contributed by atoms with Gasteiger partial charge in [-0.25, -0.2) is 0 Å². The van der Waals surface area contributed by atoms with Gasteiger partial charge in [-0.3, -0.25) is 10.3 Å². The average molecular weight is 290 g/mol. The van der Waals surface area contributed by atoms with Crippen molar-refractivity contribution < 1.29 is 4.99 Å². The first-order valence-electron chi connectivity index (χ1n) is 7.26. The van der Waals surface area contributed by atoms with Gasteiger partial charge in [0.25, 0.3) is 0 Å². The summed E-state index contributed by atoms with van der Waals surface area (Å²) in [5, 5.41) is 7.99. The second-order valence-electron chi connectivity index (χ2n) is 4.81. The molecule has 0 spiro atoms. The standard InChI is InChI=1S/C16H23N3S/c1-3-10-17-16(20-4-2)18-11-9-13-12-19-15-8-6-5-7-14(13)15/h3,5-8,13,19H,1,4,9-12H2,2H3,(H,17,18)/p+1. The number of hydrogen-bond acceptors (Lipinski definition) is 2. The molecule has 0 aliphatic carbocycles. The van der Waals surface area contributed by atoms with Crippen molar-refractivity contribution in [3.8, 4) is 0 Å². The molecule has 0 saturated heterocycles. The van der Waals surface area contributed by atoms with Gasteiger partial charge in [0, 0.05) is 23.9 Å². The van der Waals surface area contributed by atoms with Crippen molar-refractivity contribution in [3.05, 3.63) is 42.5 Å². The minimum atomic E-state index is 0.617. The van der Waals surface area contributed by atoms with E-state index in [0.717, 1.165) is 37.0 Å². The molecule has 20 heavy (non-hydrogen) atoms. The smallest absolute Gasteiger partial charge is 0.304 e. The van der Waals surface area contributed by atoms with E-state index in [1.807, 2.05) is 17.8 Å². The SMILES string of the molecule is C=CCNC(=[NH+]CCC1CNc2ccccc21)SCC.